The van der Waals surface area contributed by atoms with Crippen LogP contribution in [0.1, 0.15) is 58.8 Å². The maximum absolute atomic E-state index is 11.5. The Hall–Kier alpha value is -0.570. The molecule has 0 aromatic rings. The molecule has 3 atom stereocenters. The van der Waals surface area contributed by atoms with Crippen molar-refractivity contribution in [3.63, 3.8) is 0 Å². The van der Waals surface area contributed by atoms with E-state index in [1.165, 1.54) is 32.1 Å². The SMILES string of the molecule is CCC1CCCC(N2CCC(CC)(C(=O)O)C2)C1. The van der Waals surface area contributed by atoms with Crippen molar-refractivity contribution in [1.82, 2.24) is 4.90 Å². The molecule has 1 saturated carbocycles. The van der Waals surface area contributed by atoms with Crippen molar-refractivity contribution in [2.45, 2.75) is 64.8 Å². The van der Waals surface area contributed by atoms with Gasteiger partial charge in [-0.15, -0.1) is 0 Å². The van der Waals surface area contributed by atoms with Crippen LogP contribution in [0.4, 0.5) is 0 Å². The summed E-state index contributed by atoms with van der Waals surface area (Å²) in [5.41, 5.74) is -0.459. The highest BCUT2D eigenvalue weighted by Gasteiger charge is 2.45. The molecule has 104 valence electrons. The lowest BCUT2D eigenvalue weighted by atomic mass is 9.82. The minimum Gasteiger partial charge on any atom is -0.481 e. The third-order valence-corrected chi connectivity index (χ3v) is 5.36. The molecule has 2 aliphatic rings. The molecule has 3 unspecified atom stereocenters. The summed E-state index contributed by atoms with van der Waals surface area (Å²) in [5.74, 6) is 0.278. The molecule has 18 heavy (non-hydrogen) atoms. The normalized spacial score (nSPS) is 37.9. The van der Waals surface area contributed by atoms with Gasteiger partial charge in [0.1, 0.15) is 0 Å². The van der Waals surface area contributed by atoms with Crippen LogP contribution >= 0.6 is 0 Å². The van der Waals surface area contributed by atoms with Gasteiger partial charge < -0.3 is 5.11 Å². The van der Waals surface area contributed by atoms with Crippen molar-refractivity contribution in [3.8, 4) is 0 Å². The van der Waals surface area contributed by atoms with Gasteiger partial charge in [-0.1, -0.05) is 33.1 Å². The molecule has 1 aliphatic carbocycles. The quantitative estimate of drug-likeness (QED) is 0.836. The predicted octanol–water partition coefficient (Wildman–Crippen LogP) is 3.14. The number of carboxylic acids is 1. The van der Waals surface area contributed by atoms with Gasteiger partial charge in [0.15, 0.2) is 0 Å². The van der Waals surface area contributed by atoms with Gasteiger partial charge >= 0.3 is 5.97 Å². The van der Waals surface area contributed by atoms with E-state index in [2.05, 4.69) is 11.8 Å². The number of nitrogens with zero attached hydrogens (tertiary/aromatic N) is 1. The molecule has 1 saturated heterocycles. The van der Waals surface area contributed by atoms with E-state index < -0.39 is 11.4 Å². The van der Waals surface area contributed by atoms with Crippen LogP contribution in [0.25, 0.3) is 0 Å². The average molecular weight is 253 g/mol. The zero-order valence-corrected chi connectivity index (χ0v) is 11.8. The molecule has 0 bridgehead atoms. The topological polar surface area (TPSA) is 40.5 Å². The molecular weight excluding hydrogens is 226 g/mol. The maximum atomic E-state index is 11.5. The third-order valence-electron chi connectivity index (χ3n) is 5.36. The first-order valence-corrected chi connectivity index (χ1v) is 7.58. The van der Waals surface area contributed by atoms with Gasteiger partial charge in [0.05, 0.1) is 5.41 Å². The van der Waals surface area contributed by atoms with Crippen molar-refractivity contribution in [2.24, 2.45) is 11.3 Å². The van der Waals surface area contributed by atoms with E-state index in [9.17, 15) is 9.90 Å². The van der Waals surface area contributed by atoms with E-state index in [4.69, 9.17) is 0 Å². The Bertz CT molecular complexity index is 305. The molecule has 2 fully saturated rings. The minimum atomic E-state index is -0.588. The molecular formula is C15H27NO2. The van der Waals surface area contributed by atoms with Crippen LogP contribution in [0.5, 0.6) is 0 Å². The lowest BCUT2D eigenvalue weighted by Gasteiger charge is -2.36. The highest BCUT2D eigenvalue weighted by atomic mass is 16.4. The Morgan fingerprint density at radius 2 is 2.17 bits per heavy atom. The number of carboxylic acid groups (broad SMARTS) is 1. The molecule has 3 heteroatoms. The Balaban J connectivity index is 1.97. The van der Waals surface area contributed by atoms with E-state index in [-0.39, 0.29) is 0 Å². The largest absolute Gasteiger partial charge is 0.481 e. The van der Waals surface area contributed by atoms with Crippen LogP contribution in [-0.2, 0) is 4.79 Å². The first-order valence-electron chi connectivity index (χ1n) is 7.58. The summed E-state index contributed by atoms with van der Waals surface area (Å²) >= 11 is 0. The first-order chi connectivity index (χ1) is 8.61. The minimum absolute atomic E-state index is 0.459. The summed E-state index contributed by atoms with van der Waals surface area (Å²) in [6, 6.07) is 0.650. The third kappa shape index (κ3) is 2.56. The second kappa shape index (κ2) is 5.60. The summed E-state index contributed by atoms with van der Waals surface area (Å²) in [7, 11) is 0. The lowest BCUT2D eigenvalue weighted by Crippen LogP contribution is -2.40. The summed E-state index contributed by atoms with van der Waals surface area (Å²) in [6.07, 6.45) is 8.15. The number of likely N-dealkylation sites (tertiary alicyclic amines) is 1. The van der Waals surface area contributed by atoms with Gasteiger partial charge in [-0.3, -0.25) is 9.69 Å². The van der Waals surface area contributed by atoms with Gasteiger partial charge in [-0.2, -0.15) is 0 Å². The first kappa shape index (κ1) is 13.9. The lowest BCUT2D eigenvalue weighted by molar-refractivity contribution is -0.148. The molecule has 1 aliphatic heterocycles. The Morgan fingerprint density at radius 3 is 2.72 bits per heavy atom. The molecule has 1 heterocycles. The molecule has 0 spiro atoms. The highest BCUT2D eigenvalue weighted by Crippen LogP contribution is 2.39. The average Bonchev–Trinajstić information content (AvgIpc) is 2.84. The number of aliphatic carboxylic acids is 1. The zero-order valence-electron chi connectivity index (χ0n) is 11.8. The van der Waals surface area contributed by atoms with Crippen LogP contribution in [0.3, 0.4) is 0 Å². The molecule has 0 aromatic carbocycles. The fourth-order valence-electron chi connectivity index (χ4n) is 3.80. The predicted molar refractivity (Wildman–Crippen MR) is 72.6 cm³/mol. The van der Waals surface area contributed by atoms with Crippen molar-refractivity contribution < 1.29 is 9.90 Å². The monoisotopic (exact) mass is 253 g/mol. The van der Waals surface area contributed by atoms with Crippen LogP contribution < -0.4 is 0 Å². The van der Waals surface area contributed by atoms with Crippen molar-refractivity contribution in [3.05, 3.63) is 0 Å². The number of rotatable bonds is 4. The fourth-order valence-corrected chi connectivity index (χ4v) is 3.80. The van der Waals surface area contributed by atoms with Crippen molar-refractivity contribution in [1.29, 1.82) is 0 Å². The van der Waals surface area contributed by atoms with Crippen LogP contribution in [0, 0.1) is 11.3 Å². The van der Waals surface area contributed by atoms with E-state index >= 15 is 0 Å². The van der Waals surface area contributed by atoms with Gasteiger partial charge in [-0.05, 0) is 38.1 Å². The highest BCUT2D eigenvalue weighted by molar-refractivity contribution is 5.75. The van der Waals surface area contributed by atoms with Crippen LogP contribution in [0.2, 0.25) is 0 Å². The second-order valence-electron chi connectivity index (χ2n) is 6.25. The summed E-state index contributed by atoms with van der Waals surface area (Å²) in [4.78, 5) is 13.9. The van der Waals surface area contributed by atoms with Gasteiger partial charge in [0, 0.05) is 12.6 Å². The molecule has 0 aromatic heterocycles. The molecule has 1 N–H and O–H groups in total. The van der Waals surface area contributed by atoms with Crippen molar-refractivity contribution in [2.75, 3.05) is 13.1 Å². The molecule has 0 radical (unpaired) electrons. The van der Waals surface area contributed by atoms with Gasteiger partial charge in [0.2, 0.25) is 0 Å². The number of carbonyl (C=O) groups is 1. The summed E-state index contributed by atoms with van der Waals surface area (Å²) in [5, 5.41) is 9.45. The standard InChI is InChI=1S/C15H27NO2/c1-3-12-6-5-7-13(10-12)16-9-8-15(4-2,11-16)14(17)18/h12-13H,3-11H2,1-2H3,(H,17,18). The number of hydrogen-bond acceptors (Lipinski definition) is 2. The van der Waals surface area contributed by atoms with E-state index in [1.54, 1.807) is 0 Å². The van der Waals surface area contributed by atoms with E-state index in [0.717, 1.165) is 31.8 Å². The molecule has 0 amide bonds. The Labute approximate surface area is 111 Å². The summed E-state index contributed by atoms with van der Waals surface area (Å²) in [6.45, 7) is 6.07. The van der Waals surface area contributed by atoms with Gasteiger partial charge in [0.25, 0.3) is 0 Å². The Morgan fingerprint density at radius 1 is 1.39 bits per heavy atom. The Kier molecular flexibility index (Phi) is 4.31. The number of hydrogen-bond donors (Lipinski definition) is 1. The van der Waals surface area contributed by atoms with Crippen molar-refractivity contribution >= 4 is 5.97 Å². The maximum Gasteiger partial charge on any atom is 0.310 e. The molecule has 2 rings (SSSR count). The van der Waals surface area contributed by atoms with E-state index in [0.29, 0.717) is 6.04 Å². The van der Waals surface area contributed by atoms with Crippen LogP contribution in [0.15, 0.2) is 0 Å². The molecule has 3 nitrogen and oxygen atoms in total. The second-order valence-corrected chi connectivity index (χ2v) is 6.25. The summed E-state index contributed by atoms with van der Waals surface area (Å²) < 4.78 is 0. The smallest absolute Gasteiger partial charge is 0.310 e. The van der Waals surface area contributed by atoms with E-state index in [1.807, 2.05) is 6.92 Å². The van der Waals surface area contributed by atoms with Crippen LogP contribution in [-0.4, -0.2) is 35.1 Å². The fraction of sp³-hybridized carbons (Fsp3) is 0.933. The zero-order chi connectivity index (χ0) is 13.2. The van der Waals surface area contributed by atoms with Gasteiger partial charge in [-0.25, -0.2) is 0 Å².